The summed E-state index contributed by atoms with van der Waals surface area (Å²) in [6, 6.07) is 0. The molecular formula is C8H4BrF6NO2. The van der Waals surface area contributed by atoms with Crippen molar-refractivity contribution in [3.8, 4) is 5.75 Å². The van der Waals surface area contributed by atoms with Gasteiger partial charge < -0.3 is 9.84 Å². The summed E-state index contributed by atoms with van der Waals surface area (Å²) in [5.41, 5.74) is -2.31. The van der Waals surface area contributed by atoms with Gasteiger partial charge in [-0.25, -0.2) is 4.98 Å². The van der Waals surface area contributed by atoms with E-state index in [9.17, 15) is 26.3 Å². The van der Waals surface area contributed by atoms with Gasteiger partial charge in [0.05, 0.1) is 17.3 Å². The van der Waals surface area contributed by atoms with Crippen molar-refractivity contribution in [1.29, 1.82) is 0 Å². The maximum Gasteiger partial charge on any atom is 0.573 e. The van der Waals surface area contributed by atoms with Crippen molar-refractivity contribution < 1.29 is 36.2 Å². The van der Waals surface area contributed by atoms with Gasteiger partial charge in [-0.1, -0.05) is 0 Å². The number of ether oxygens (including phenoxy) is 1. The molecule has 0 spiro atoms. The van der Waals surface area contributed by atoms with Crippen molar-refractivity contribution in [3.05, 3.63) is 21.9 Å². The zero-order chi connectivity index (χ0) is 14.1. The highest BCUT2D eigenvalue weighted by Crippen LogP contribution is 2.39. The van der Waals surface area contributed by atoms with Crippen molar-refractivity contribution in [2.75, 3.05) is 0 Å². The van der Waals surface area contributed by atoms with Gasteiger partial charge in [0.25, 0.3) is 0 Å². The number of halogens is 7. The molecule has 0 aliphatic rings. The predicted octanol–water partition coefficient (Wildman–Crippen LogP) is 3.25. The highest BCUT2D eigenvalue weighted by Gasteiger charge is 2.38. The quantitative estimate of drug-likeness (QED) is 0.841. The molecule has 0 aromatic carbocycles. The molecule has 0 saturated carbocycles. The number of aliphatic hydroxyl groups excluding tert-OH is 1. The Balaban J connectivity index is 3.29. The van der Waals surface area contributed by atoms with Gasteiger partial charge >= 0.3 is 12.5 Å². The van der Waals surface area contributed by atoms with Crippen LogP contribution in [0.1, 0.15) is 11.3 Å². The normalized spacial score (nSPS) is 12.7. The van der Waals surface area contributed by atoms with Crippen LogP contribution >= 0.6 is 15.9 Å². The maximum atomic E-state index is 12.4. The lowest BCUT2D eigenvalue weighted by Gasteiger charge is -2.15. The second kappa shape index (κ2) is 4.92. The fraction of sp³-hybridized carbons (Fsp3) is 0.375. The van der Waals surface area contributed by atoms with E-state index in [-0.39, 0.29) is 6.20 Å². The molecule has 0 saturated heterocycles. The summed E-state index contributed by atoms with van der Waals surface area (Å²) < 4.78 is 75.9. The summed E-state index contributed by atoms with van der Waals surface area (Å²) in [6.07, 6.45) is -9.69. The fourth-order valence-electron chi connectivity index (χ4n) is 1.09. The fourth-order valence-corrected chi connectivity index (χ4v) is 1.59. The number of hydrogen-bond acceptors (Lipinski definition) is 3. The average Bonchev–Trinajstić information content (AvgIpc) is 2.17. The summed E-state index contributed by atoms with van der Waals surface area (Å²) in [5.74, 6) is -0.959. The predicted molar refractivity (Wildman–Crippen MR) is 49.5 cm³/mol. The highest BCUT2D eigenvalue weighted by molar-refractivity contribution is 9.10. The first kappa shape index (κ1) is 15.0. The Morgan fingerprint density at radius 2 is 1.78 bits per heavy atom. The minimum absolute atomic E-state index is 0.277. The van der Waals surface area contributed by atoms with Gasteiger partial charge in [0.15, 0.2) is 11.4 Å². The Morgan fingerprint density at radius 3 is 2.17 bits per heavy atom. The molecule has 0 radical (unpaired) electrons. The second-order valence-corrected chi connectivity index (χ2v) is 3.76. The minimum Gasteiger partial charge on any atom is -0.403 e. The van der Waals surface area contributed by atoms with Gasteiger partial charge in [-0.2, -0.15) is 13.2 Å². The van der Waals surface area contributed by atoms with E-state index < -0.39 is 40.6 Å². The van der Waals surface area contributed by atoms with Crippen LogP contribution in [0.2, 0.25) is 0 Å². The van der Waals surface area contributed by atoms with E-state index in [4.69, 9.17) is 5.11 Å². The SMILES string of the molecule is OCc1c(C(F)(F)F)ncc(OC(F)(F)F)c1Br. The summed E-state index contributed by atoms with van der Waals surface area (Å²) in [4.78, 5) is 2.83. The molecule has 1 aromatic heterocycles. The monoisotopic (exact) mass is 339 g/mol. The summed E-state index contributed by atoms with van der Waals surface area (Å²) >= 11 is 2.51. The zero-order valence-electron chi connectivity index (χ0n) is 8.23. The molecule has 1 N–H and O–H groups in total. The van der Waals surface area contributed by atoms with Crippen molar-refractivity contribution >= 4 is 15.9 Å². The topological polar surface area (TPSA) is 42.4 Å². The lowest BCUT2D eigenvalue weighted by Crippen LogP contribution is -2.19. The van der Waals surface area contributed by atoms with Gasteiger partial charge in [0.2, 0.25) is 0 Å². The van der Waals surface area contributed by atoms with Crippen LogP contribution in [0.25, 0.3) is 0 Å². The van der Waals surface area contributed by atoms with E-state index in [0.717, 1.165) is 0 Å². The summed E-state index contributed by atoms with van der Waals surface area (Å²) in [7, 11) is 0. The third-order valence-corrected chi connectivity index (χ3v) is 2.60. The second-order valence-electron chi connectivity index (χ2n) is 2.97. The van der Waals surface area contributed by atoms with Gasteiger partial charge in [0, 0.05) is 5.56 Å². The Bertz CT molecular complexity index is 444. The molecule has 18 heavy (non-hydrogen) atoms. The molecule has 1 rings (SSSR count). The standard InChI is InChI=1S/C8H4BrF6NO2/c9-5-3(2-17)6(7(10,11)12)16-1-4(5)18-8(13,14)15/h1,17H,2H2. The molecule has 0 aliphatic heterocycles. The third-order valence-electron chi connectivity index (χ3n) is 1.73. The molecule has 0 bridgehead atoms. The molecule has 0 unspecified atom stereocenters. The van der Waals surface area contributed by atoms with Crippen molar-refractivity contribution in [2.24, 2.45) is 0 Å². The lowest BCUT2D eigenvalue weighted by atomic mass is 10.2. The first-order valence-corrected chi connectivity index (χ1v) is 4.96. The largest absolute Gasteiger partial charge is 0.573 e. The van der Waals surface area contributed by atoms with E-state index in [1.54, 1.807) is 0 Å². The highest BCUT2D eigenvalue weighted by atomic mass is 79.9. The van der Waals surface area contributed by atoms with Crippen LogP contribution in [-0.2, 0) is 12.8 Å². The number of pyridine rings is 1. The van der Waals surface area contributed by atoms with Crippen LogP contribution < -0.4 is 4.74 Å². The molecule has 0 aliphatic carbocycles. The van der Waals surface area contributed by atoms with Crippen molar-refractivity contribution in [1.82, 2.24) is 4.98 Å². The summed E-state index contributed by atoms with van der Waals surface area (Å²) in [5, 5.41) is 8.78. The van der Waals surface area contributed by atoms with Gasteiger partial charge in [-0.15, -0.1) is 13.2 Å². The smallest absolute Gasteiger partial charge is 0.403 e. The molecule has 3 nitrogen and oxygen atoms in total. The molecule has 102 valence electrons. The van der Waals surface area contributed by atoms with Crippen LogP contribution in [0.5, 0.6) is 5.75 Å². The van der Waals surface area contributed by atoms with Crippen molar-refractivity contribution in [2.45, 2.75) is 19.1 Å². The minimum atomic E-state index is -5.07. The van der Waals surface area contributed by atoms with E-state index in [0.29, 0.717) is 0 Å². The number of hydrogen-bond donors (Lipinski definition) is 1. The Hall–Kier alpha value is -1.03. The number of alkyl halides is 6. The first-order chi connectivity index (χ1) is 8.06. The molecule has 0 fully saturated rings. The van der Waals surface area contributed by atoms with Crippen LogP contribution in [0, 0.1) is 0 Å². The maximum absolute atomic E-state index is 12.4. The van der Waals surface area contributed by atoms with Gasteiger partial charge in [-0.3, -0.25) is 0 Å². The number of nitrogens with zero attached hydrogens (tertiary/aromatic N) is 1. The van der Waals surface area contributed by atoms with Crippen LogP contribution in [-0.4, -0.2) is 16.5 Å². The molecule has 0 amide bonds. The van der Waals surface area contributed by atoms with Gasteiger partial charge in [-0.05, 0) is 15.9 Å². The molecule has 1 aromatic rings. The number of rotatable bonds is 2. The lowest BCUT2D eigenvalue weighted by molar-refractivity contribution is -0.275. The van der Waals surface area contributed by atoms with E-state index >= 15 is 0 Å². The molecule has 10 heteroatoms. The average molecular weight is 340 g/mol. The van der Waals surface area contributed by atoms with E-state index in [1.165, 1.54) is 0 Å². The van der Waals surface area contributed by atoms with Crippen LogP contribution in [0.4, 0.5) is 26.3 Å². The number of aromatic nitrogens is 1. The zero-order valence-corrected chi connectivity index (χ0v) is 9.82. The third kappa shape index (κ3) is 3.48. The Morgan fingerprint density at radius 1 is 1.22 bits per heavy atom. The van der Waals surface area contributed by atoms with E-state index in [1.807, 2.05) is 0 Å². The Labute approximate surface area is 105 Å². The number of aliphatic hydroxyl groups is 1. The Kier molecular flexibility index (Phi) is 4.11. The van der Waals surface area contributed by atoms with Gasteiger partial charge in [0.1, 0.15) is 0 Å². The molecular weight excluding hydrogens is 336 g/mol. The van der Waals surface area contributed by atoms with Crippen LogP contribution in [0.15, 0.2) is 10.7 Å². The van der Waals surface area contributed by atoms with Crippen molar-refractivity contribution in [3.63, 3.8) is 0 Å². The molecule has 0 atom stereocenters. The first-order valence-electron chi connectivity index (χ1n) is 4.17. The summed E-state index contributed by atoms with van der Waals surface area (Å²) in [6.45, 7) is -1.14. The van der Waals surface area contributed by atoms with Crippen LogP contribution in [0.3, 0.4) is 0 Å². The van der Waals surface area contributed by atoms with E-state index in [2.05, 4.69) is 25.7 Å². The molecule has 1 heterocycles.